The van der Waals surface area contributed by atoms with Crippen molar-refractivity contribution in [2.45, 2.75) is 0 Å². The molecule has 0 aliphatic rings. The van der Waals surface area contributed by atoms with Crippen LogP contribution in [0, 0.1) is 0 Å². The summed E-state index contributed by atoms with van der Waals surface area (Å²) in [7, 11) is 3.32. The Labute approximate surface area is 114 Å². The highest BCUT2D eigenvalue weighted by Crippen LogP contribution is 2.34. The van der Waals surface area contributed by atoms with E-state index in [2.05, 4.69) is 10.1 Å². The normalized spacial score (nSPS) is 10.9. The average molecular weight is 271 g/mol. The van der Waals surface area contributed by atoms with Gasteiger partial charge in [0.2, 0.25) is 0 Å². The number of aromatic carboxylic acids is 1. The summed E-state index contributed by atoms with van der Waals surface area (Å²) in [6.07, 6.45) is 3.13. The quantitative estimate of drug-likeness (QED) is 0.765. The van der Waals surface area contributed by atoms with Gasteiger partial charge in [0.05, 0.1) is 24.5 Å². The smallest absolute Gasteiger partial charge is 0.339 e. The van der Waals surface area contributed by atoms with E-state index in [9.17, 15) is 9.90 Å². The molecule has 102 valence electrons. The zero-order valence-corrected chi connectivity index (χ0v) is 11.0. The Morgan fingerprint density at radius 1 is 1.45 bits per heavy atom. The number of benzene rings is 1. The van der Waals surface area contributed by atoms with Crippen LogP contribution in [-0.2, 0) is 7.05 Å². The summed E-state index contributed by atoms with van der Waals surface area (Å²) in [5.41, 5.74) is 2.37. The molecule has 1 aromatic carbocycles. The van der Waals surface area contributed by atoms with Gasteiger partial charge in [0.15, 0.2) is 0 Å². The molecule has 3 aromatic rings. The van der Waals surface area contributed by atoms with Crippen molar-refractivity contribution in [3.63, 3.8) is 0 Å². The molecule has 0 amide bonds. The topological polar surface area (TPSA) is 80.1 Å². The lowest BCUT2D eigenvalue weighted by Gasteiger charge is -2.04. The average Bonchev–Trinajstić information content (AvgIpc) is 3.01. The molecule has 20 heavy (non-hydrogen) atoms. The van der Waals surface area contributed by atoms with Crippen molar-refractivity contribution in [1.82, 2.24) is 14.8 Å². The molecule has 0 saturated heterocycles. The zero-order chi connectivity index (χ0) is 14.3. The second-order valence-electron chi connectivity index (χ2n) is 4.42. The third kappa shape index (κ3) is 1.65. The zero-order valence-electron chi connectivity index (χ0n) is 11.0. The molecule has 0 radical (unpaired) electrons. The van der Waals surface area contributed by atoms with Gasteiger partial charge >= 0.3 is 5.97 Å². The van der Waals surface area contributed by atoms with Crippen molar-refractivity contribution in [3.05, 3.63) is 36.2 Å². The second kappa shape index (κ2) is 4.41. The molecular formula is C14H13N3O3. The molecule has 0 bridgehead atoms. The van der Waals surface area contributed by atoms with Gasteiger partial charge in [-0.25, -0.2) is 4.79 Å². The van der Waals surface area contributed by atoms with E-state index in [-0.39, 0.29) is 5.56 Å². The van der Waals surface area contributed by atoms with Crippen molar-refractivity contribution in [3.8, 4) is 17.0 Å². The summed E-state index contributed by atoms with van der Waals surface area (Å²) in [5.74, 6) is -0.280. The van der Waals surface area contributed by atoms with E-state index in [1.165, 1.54) is 6.20 Å². The number of nitrogens with zero attached hydrogens (tertiary/aromatic N) is 2. The lowest BCUT2D eigenvalue weighted by Crippen LogP contribution is -2.00. The fourth-order valence-corrected chi connectivity index (χ4v) is 2.41. The minimum absolute atomic E-state index is 0.177. The molecule has 0 spiro atoms. The molecule has 0 unspecified atom stereocenters. The monoisotopic (exact) mass is 271 g/mol. The van der Waals surface area contributed by atoms with Gasteiger partial charge in [0.25, 0.3) is 0 Å². The largest absolute Gasteiger partial charge is 0.495 e. The first-order valence-electron chi connectivity index (χ1n) is 6.03. The number of H-pyrrole nitrogens is 1. The second-order valence-corrected chi connectivity index (χ2v) is 4.42. The molecule has 0 fully saturated rings. The fourth-order valence-electron chi connectivity index (χ4n) is 2.41. The van der Waals surface area contributed by atoms with Gasteiger partial charge in [-0.1, -0.05) is 12.1 Å². The number of rotatable bonds is 3. The van der Waals surface area contributed by atoms with Crippen molar-refractivity contribution in [2.75, 3.05) is 7.11 Å². The number of aryl methyl sites for hydroxylation is 1. The van der Waals surface area contributed by atoms with Gasteiger partial charge in [-0.05, 0) is 6.07 Å². The summed E-state index contributed by atoms with van der Waals surface area (Å²) < 4.78 is 6.86. The predicted octanol–water partition coefficient (Wildman–Crippen LogP) is 2.28. The number of carbonyl (C=O) groups is 1. The summed E-state index contributed by atoms with van der Waals surface area (Å²) in [6.45, 7) is 0. The van der Waals surface area contributed by atoms with Crippen LogP contribution in [0.25, 0.3) is 22.2 Å². The highest BCUT2D eigenvalue weighted by atomic mass is 16.5. The number of ether oxygens (including phenoxy) is 1. The van der Waals surface area contributed by atoms with Crippen molar-refractivity contribution >= 4 is 16.9 Å². The summed E-state index contributed by atoms with van der Waals surface area (Å²) in [5, 5.41) is 14.2. The minimum atomic E-state index is -0.995. The Kier molecular flexibility index (Phi) is 2.71. The molecule has 2 heterocycles. The van der Waals surface area contributed by atoms with E-state index in [4.69, 9.17) is 4.74 Å². The maximum atomic E-state index is 11.3. The van der Waals surface area contributed by atoms with Crippen molar-refractivity contribution < 1.29 is 14.6 Å². The van der Waals surface area contributed by atoms with Gasteiger partial charge in [-0.15, -0.1) is 0 Å². The maximum absolute atomic E-state index is 11.3. The van der Waals surface area contributed by atoms with Crippen molar-refractivity contribution in [1.29, 1.82) is 0 Å². The SMILES string of the molecule is COc1cccc2c(-c3c(C(=O)O)cnn3C)c[nH]c12. The van der Waals surface area contributed by atoms with Crippen LogP contribution < -0.4 is 4.74 Å². The highest BCUT2D eigenvalue weighted by Gasteiger charge is 2.20. The van der Waals surface area contributed by atoms with Crippen LogP contribution in [0.3, 0.4) is 0 Å². The lowest BCUT2D eigenvalue weighted by molar-refractivity contribution is 0.0697. The van der Waals surface area contributed by atoms with E-state index in [0.717, 1.165) is 16.5 Å². The fraction of sp³-hybridized carbons (Fsp3) is 0.143. The van der Waals surface area contributed by atoms with Crippen LogP contribution in [-0.4, -0.2) is 33.0 Å². The van der Waals surface area contributed by atoms with Gasteiger partial charge in [-0.2, -0.15) is 5.10 Å². The van der Waals surface area contributed by atoms with E-state index in [0.29, 0.717) is 11.4 Å². The summed E-state index contributed by atoms with van der Waals surface area (Å²) in [4.78, 5) is 14.4. The molecule has 6 nitrogen and oxygen atoms in total. The third-order valence-corrected chi connectivity index (χ3v) is 3.32. The minimum Gasteiger partial charge on any atom is -0.495 e. The number of hydrogen-bond acceptors (Lipinski definition) is 3. The molecular weight excluding hydrogens is 258 g/mol. The number of carboxylic acid groups (broad SMARTS) is 1. The van der Waals surface area contributed by atoms with Gasteiger partial charge in [0.1, 0.15) is 11.3 Å². The van der Waals surface area contributed by atoms with Crippen LogP contribution in [0.1, 0.15) is 10.4 Å². The first kappa shape index (κ1) is 12.3. The van der Waals surface area contributed by atoms with E-state index in [1.54, 1.807) is 25.0 Å². The first-order chi connectivity index (χ1) is 9.63. The standard InChI is InChI=1S/C14H13N3O3/c1-17-13(10(7-16-17)14(18)19)9-6-15-12-8(9)4-3-5-11(12)20-2/h3-7,15H,1-2H3,(H,18,19). The van der Waals surface area contributed by atoms with E-state index >= 15 is 0 Å². The predicted molar refractivity (Wildman–Crippen MR) is 74.0 cm³/mol. The first-order valence-corrected chi connectivity index (χ1v) is 6.03. The number of carboxylic acids is 1. The van der Waals surface area contributed by atoms with Crippen LogP contribution in [0.2, 0.25) is 0 Å². The molecule has 2 aromatic heterocycles. The number of nitrogens with one attached hydrogen (secondary N) is 1. The summed E-state index contributed by atoms with van der Waals surface area (Å²) in [6, 6.07) is 5.64. The summed E-state index contributed by atoms with van der Waals surface area (Å²) >= 11 is 0. The molecule has 0 saturated carbocycles. The Hall–Kier alpha value is -2.76. The van der Waals surface area contributed by atoms with Gasteiger partial charge in [0, 0.05) is 24.2 Å². The van der Waals surface area contributed by atoms with Crippen LogP contribution >= 0.6 is 0 Å². The highest BCUT2D eigenvalue weighted by molar-refractivity contribution is 6.03. The number of aromatic nitrogens is 3. The Morgan fingerprint density at radius 2 is 2.25 bits per heavy atom. The number of methoxy groups -OCH3 is 1. The number of aromatic amines is 1. The van der Waals surface area contributed by atoms with Crippen LogP contribution in [0.15, 0.2) is 30.6 Å². The Bertz CT molecular complexity index is 801. The van der Waals surface area contributed by atoms with Crippen LogP contribution in [0.4, 0.5) is 0 Å². The lowest BCUT2D eigenvalue weighted by atomic mass is 10.1. The molecule has 0 atom stereocenters. The number of fused-ring (bicyclic) bond motifs is 1. The Morgan fingerprint density at radius 3 is 2.95 bits per heavy atom. The number of para-hydroxylation sites is 1. The third-order valence-electron chi connectivity index (χ3n) is 3.32. The number of hydrogen-bond donors (Lipinski definition) is 2. The molecule has 0 aliphatic heterocycles. The van der Waals surface area contributed by atoms with Crippen molar-refractivity contribution in [2.24, 2.45) is 7.05 Å². The van der Waals surface area contributed by atoms with Gasteiger partial charge in [-0.3, -0.25) is 4.68 Å². The van der Waals surface area contributed by atoms with Gasteiger partial charge < -0.3 is 14.8 Å². The molecule has 6 heteroatoms. The van der Waals surface area contributed by atoms with E-state index < -0.39 is 5.97 Å². The molecule has 3 rings (SSSR count). The molecule has 2 N–H and O–H groups in total. The maximum Gasteiger partial charge on any atom is 0.339 e. The Balaban J connectivity index is 2.31. The van der Waals surface area contributed by atoms with E-state index in [1.807, 2.05) is 18.2 Å². The van der Waals surface area contributed by atoms with Crippen LogP contribution in [0.5, 0.6) is 5.75 Å². The molecule has 0 aliphatic carbocycles.